The Morgan fingerprint density at radius 2 is 2.19 bits per heavy atom. The van der Waals surface area contributed by atoms with Gasteiger partial charge in [0, 0.05) is 10.7 Å². The van der Waals surface area contributed by atoms with Crippen LogP contribution in [0.4, 0.5) is 0 Å². The van der Waals surface area contributed by atoms with Crippen molar-refractivity contribution in [2.45, 2.75) is 26.3 Å². The lowest BCUT2D eigenvalue weighted by Crippen LogP contribution is -2.29. The first-order valence-corrected chi connectivity index (χ1v) is 7.75. The lowest BCUT2D eigenvalue weighted by Gasteiger charge is -2.20. The highest BCUT2D eigenvalue weighted by atomic mass is 79.9. The van der Waals surface area contributed by atoms with Gasteiger partial charge < -0.3 is 4.74 Å². The van der Waals surface area contributed by atoms with Gasteiger partial charge in [0.15, 0.2) is 0 Å². The average molecular weight is 350 g/mol. The van der Waals surface area contributed by atoms with Crippen molar-refractivity contribution < 1.29 is 4.74 Å². The molecule has 0 aliphatic carbocycles. The summed E-state index contributed by atoms with van der Waals surface area (Å²) < 4.78 is 6.70. The van der Waals surface area contributed by atoms with E-state index in [-0.39, 0.29) is 6.04 Å². The number of nitrogens with zero attached hydrogens (tertiary/aromatic N) is 1. The van der Waals surface area contributed by atoms with Crippen LogP contribution in [0, 0.1) is 6.92 Å². The van der Waals surface area contributed by atoms with Crippen LogP contribution in [0.15, 0.2) is 41.1 Å². The molecule has 0 bridgehead atoms. The van der Waals surface area contributed by atoms with Crippen molar-refractivity contribution >= 4 is 15.9 Å². The summed E-state index contributed by atoms with van der Waals surface area (Å²) in [7, 11) is 0. The molecular formula is C16H20BrN3O. The largest absolute Gasteiger partial charge is 0.492 e. The Morgan fingerprint density at radius 1 is 1.38 bits per heavy atom. The number of pyridine rings is 1. The zero-order valence-electron chi connectivity index (χ0n) is 12.3. The third-order valence-corrected chi connectivity index (χ3v) is 4.19. The fourth-order valence-electron chi connectivity index (χ4n) is 2.19. The van der Waals surface area contributed by atoms with Crippen LogP contribution in [0.3, 0.4) is 0 Å². The van der Waals surface area contributed by atoms with Crippen LogP contribution in [0.1, 0.15) is 36.1 Å². The molecule has 0 fully saturated rings. The molecule has 0 saturated heterocycles. The van der Waals surface area contributed by atoms with Gasteiger partial charge in [0.25, 0.3) is 0 Å². The van der Waals surface area contributed by atoms with Crippen molar-refractivity contribution in [3.8, 4) is 5.75 Å². The van der Waals surface area contributed by atoms with Crippen LogP contribution in [-0.2, 0) is 0 Å². The van der Waals surface area contributed by atoms with Crippen LogP contribution in [0.25, 0.3) is 0 Å². The van der Waals surface area contributed by atoms with Crippen molar-refractivity contribution in [3.63, 3.8) is 0 Å². The number of hydrazine groups is 1. The average Bonchev–Trinajstić information content (AvgIpc) is 2.50. The zero-order chi connectivity index (χ0) is 15.2. The monoisotopic (exact) mass is 349 g/mol. The third kappa shape index (κ3) is 3.81. The Balaban J connectivity index is 2.35. The number of aromatic nitrogens is 1. The van der Waals surface area contributed by atoms with Gasteiger partial charge in [0.1, 0.15) is 5.75 Å². The molecule has 2 aromatic rings. The van der Waals surface area contributed by atoms with E-state index in [1.165, 1.54) is 0 Å². The summed E-state index contributed by atoms with van der Waals surface area (Å²) in [6.07, 6.45) is 4.50. The first-order chi connectivity index (χ1) is 10.2. The van der Waals surface area contributed by atoms with E-state index in [0.29, 0.717) is 6.61 Å². The highest BCUT2D eigenvalue weighted by molar-refractivity contribution is 9.10. The fourth-order valence-corrected chi connectivity index (χ4v) is 2.58. The molecule has 0 aliphatic rings. The molecule has 1 atom stereocenters. The molecule has 0 amide bonds. The first kappa shape index (κ1) is 15.9. The van der Waals surface area contributed by atoms with Gasteiger partial charge in [-0.2, -0.15) is 0 Å². The second kappa shape index (κ2) is 7.54. The molecular weight excluding hydrogens is 330 g/mol. The summed E-state index contributed by atoms with van der Waals surface area (Å²) >= 11 is 3.56. The molecule has 1 aromatic heterocycles. The molecule has 3 N–H and O–H groups in total. The molecule has 0 aliphatic heterocycles. The fraction of sp³-hybridized carbons (Fsp3) is 0.312. The van der Waals surface area contributed by atoms with Crippen molar-refractivity contribution in [2.24, 2.45) is 5.84 Å². The molecule has 1 unspecified atom stereocenters. The Labute approximate surface area is 133 Å². The summed E-state index contributed by atoms with van der Waals surface area (Å²) in [6.45, 7) is 4.82. The minimum absolute atomic E-state index is 0.125. The van der Waals surface area contributed by atoms with Gasteiger partial charge in [0.05, 0.1) is 18.8 Å². The van der Waals surface area contributed by atoms with Crippen molar-refractivity contribution in [2.75, 3.05) is 6.61 Å². The Bertz CT molecular complexity index is 604. The van der Waals surface area contributed by atoms with Crippen LogP contribution in [-0.4, -0.2) is 11.6 Å². The Hall–Kier alpha value is -1.43. The van der Waals surface area contributed by atoms with Gasteiger partial charge in [-0.3, -0.25) is 10.8 Å². The zero-order valence-corrected chi connectivity index (χ0v) is 13.9. The molecule has 0 saturated carbocycles. The van der Waals surface area contributed by atoms with Gasteiger partial charge in [0.2, 0.25) is 0 Å². The van der Waals surface area contributed by atoms with Crippen LogP contribution < -0.4 is 16.0 Å². The van der Waals surface area contributed by atoms with E-state index in [1.807, 2.05) is 24.4 Å². The van der Waals surface area contributed by atoms with E-state index in [4.69, 9.17) is 10.6 Å². The van der Waals surface area contributed by atoms with E-state index in [9.17, 15) is 0 Å². The first-order valence-electron chi connectivity index (χ1n) is 6.96. The number of hydrogen-bond donors (Lipinski definition) is 2. The minimum Gasteiger partial charge on any atom is -0.492 e. The maximum absolute atomic E-state index is 5.77. The van der Waals surface area contributed by atoms with Gasteiger partial charge in [-0.15, -0.1) is 0 Å². The second-order valence-corrected chi connectivity index (χ2v) is 5.71. The SMILES string of the molecule is CCCOc1cncc(C(NN)c2cccc(Br)c2C)c1. The van der Waals surface area contributed by atoms with Gasteiger partial charge in [-0.25, -0.2) is 5.43 Å². The van der Waals surface area contributed by atoms with Crippen LogP contribution in [0.2, 0.25) is 0 Å². The van der Waals surface area contributed by atoms with Gasteiger partial charge in [-0.05, 0) is 42.2 Å². The lowest BCUT2D eigenvalue weighted by atomic mass is 9.96. The molecule has 21 heavy (non-hydrogen) atoms. The Morgan fingerprint density at radius 3 is 2.90 bits per heavy atom. The topological polar surface area (TPSA) is 60.2 Å². The third-order valence-electron chi connectivity index (χ3n) is 3.33. The number of ether oxygens (including phenoxy) is 1. The molecule has 0 radical (unpaired) electrons. The normalized spacial score (nSPS) is 12.2. The van der Waals surface area contributed by atoms with Crippen LogP contribution in [0.5, 0.6) is 5.75 Å². The molecule has 4 nitrogen and oxygen atoms in total. The summed E-state index contributed by atoms with van der Waals surface area (Å²) in [6, 6.07) is 7.94. The predicted octanol–water partition coefficient (Wildman–Crippen LogP) is 3.49. The van der Waals surface area contributed by atoms with Crippen molar-refractivity contribution in [1.82, 2.24) is 10.4 Å². The molecule has 2 rings (SSSR count). The number of rotatable bonds is 6. The van der Waals surface area contributed by atoms with E-state index in [0.717, 1.165) is 33.3 Å². The highest BCUT2D eigenvalue weighted by Gasteiger charge is 2.16. The summed E-state index contributed by atoms with van der Waals surface area (Å²) in [5, 5.41) is 0. The molecule has 0 spiro atoms. The summed E-state index contributed by atoms with van der Waals surface area (Å²) in [5.74, 6) is 6.54. The molecule has 1 aromatic carbocycles. The van der Waals surface area contributed by atoms with E-state index >= 15 is 0 Å². The van der Waals surface area contributed by atoms with Crippen molar-refractivity contribution in [3.05, 3.63) is 57.8 Å². The number of nitrogens with two attached hydrogens (primary N) is 1. The molecule has 112 valence electrons. The number of halogens is 1. The van der Waals surface area contributed by atoms with E-state index < -0.39 is 0 Å². The second-order valence-electron chi connectivity index (χ2n) is 4.86. The maximum Gasteiger partial charge on any atom is 0.137 e. The molecule has 1 heterocycles. The van der Waals surface area contributed by atoms with Crippen molar-refractivity contribution in [1.29, 1.82) is 0 Å². The Kier molecular flexibility index (Phi) is 5.73. The lowest BCUT2D eigenvalue weighted by molar-refractivity contribution is 0.315. The highest BCUT2D eigenvalue weighted by Crippen LogP contribution is 2.29. The number of benzene rings is 1. The summed E-state index contributed by atoms with van der Waals surface area (Å²) in [4.78, 5) is 4.25. The molecule has 5 heteroatoms. The van der Waals surface area contributed by atoms with Gasteiger partial charge in [-0.1, -0.05) is 35.0 Å². The number of hydrogen-bond acceptors (Lipinski definition) is 4. The van der Waals surface area contributed by atoms with Crippen LogP contribution >= 0.6 is 15.9 Å². The minimum atomic E-state index is -0.125. The standard InChI is InChI=1S/C16H20BrN3O/c1-3-7-21-13-8-12(9-19-10-13)16(20-18)14-5-4-6-15(17)11(14)2/h4-6,8-10,16,20H,3,7,18H2,1-2H3. The quantitative estimate of drug-likeness (QED) is 0.618. The van der Waals surface area contributed by atoms with E-state index in [2.05, 4.69) is 46.3 Å². The predicted molar refractivity (Wildman–Crippen MR) is 88.1 cm³/mol. The summed E-state index contributed by atoms with van der Waals surface area (Å²) in [5.41, 5.74) is 6.11. The van der Waals surface area contributed by atoms with E-state index in [1.54, 1.807) is 6.20 Å². The number of nitrogens with one attached hydrogen (secondary N) is 1. The maximum atomic E-state index is 5.77. The van der Waals surface area contributed by atoms with Gasteiger partial charge >= 0.3 is 0 Å². The smallest absolute Gasteiger partial charge is 0.137 e.